The zero-order valence-corrected chi connectivity index (χ0v) is 14.6. The molecular formula is C15H21ClN6O2. The van der Waals surface area contributed by atoms with Gasteiger partial charge in [-0.1, -0.05) is 5.16 Å². The third kappa shape index (κ3) is 3.76. The van der Waals surface area contributed by atoms with Crippen LogP contribution in [0.25, 0.3) is 0 Å². The van der Waals surface area contributed by atoms with E-state index >= 15 is 0 Å². The van der Waals surface area contributed by atoms with E-state index in [-0.39, 0.29) is 17.5 Å². The lowest BCUT2D eigenvalue weighted by Gasteiger charge is -2.19. The summed E-state index contributed by atoms with van der Waals surface area (Å²) in [5, 5.41) is 14.6. The number of carbonyl (C=O) groups is 1. The highest BCUT2D eigenvalue weighted by atomic mass is 35.5. The first-order valence-corrected chi connectivity index (χ1v) is 8.44. The van der Waals surface area contributed by atoms with Gasteiger partial charge in [-0.2, -0.15) is 10.1 Å². The number of carbonyl (C=O) groups excluding carboxylic acids is 1. The van der Waals surface area contributed by atoms with Gasteiger partial charge < -0.3 is 9.84 Å². The Bertz CT molecular complexity index is 700. The van der Waals surface area contributed by atoms with Gasteiger partial charge in [0.2, 0.25) is 17.1 Å². The zero-order chi connectivity index (χ0) is 17.1. The zero-order valence-electron chi connectivity index (χ0n) is 13.8. The van der Waals surface area contributed by atoms with Crippen LogP contribution in [0.1, 0.15) is 42.3 Å². The Labute approximate surface area is 144 Å². The third-order valence-electron chi connectivity index (χ3n) is 4.27. The van der Waals surface area contributed by atoms with E-state index in [2.05, 4.69) is 25.9 Å². The van der Waals surface area contributed by atoms with Gasteiger partial charge in [-0.05, 0) is 50.9 Å². The topological polar surface area (TPSA) is 97.9 Å². The standard InChI is InChI=1S/C15H21ClN6O2/c1-9-11(13(16)24-21-9)3-4-12(23)18-15-19-14(20-22(15)2)10-5-7-17-8-6-10/h10,17H,3-8H2,1-2H3,(H,18,19,20,23). The van der Waals surface area contributed by atoms with E-state index in [4.69, 9.17) is 16.1 Å². The number of halogens is 1. The number of hydrogen-bond acceptors (Lipinski definition) is 6. The van der Waals surface area contributed by atoms with Crippen LogP contribution in [0.3, 0.4) is 0 Å². The van der Waals surface area contributed by atoms with Crippen molar-refractivity contribution in [3.8, 4) is 0 Å². The average Bonchev–Trinajstić information content (AvgIpc) is 3.09. The Morgan fingerprint density at radius 3 is 2.88 bits per heavy atom. The van der Waals surface area contributed by atoms with Gasteiger partial charge in [0, 0.05) is 24.9 Å². The SMILES string of the molecule is Cc1noc(Cl)c1CCC(=O)Nc1nc(C2CCNCC2)nn1C. The molecule has 0 saturated carbocycles. The number of hydrogen-bond donors (Lipinski definition) is 2. The van der Waals surface area contributed by atoms with Gasteiger partial charge in [-0.3, -0.25) is 10.1 Å². The summed E-state index contributed by atoms with van der Waals surface area (Å²) in [7, 11) is 1.79. The summed E-state index contributed by atoms with van der Waals surface area (Å²) in [6.07, 6.45) is 2.78. The predicted octanol–water partition coefficient (Wildman–Crippen LogP) is 1.80. The van der Waals surface area contributed by atoms with Gasteiger partial charge in [-0.15, -0.1) is 0 Å². The minimum atomic E-state index is -0.140. The molecule has 0 atom stereocenters. The third-order valence-corrected chi connectivity index (χ3v) is 4.57. The number of nitrogens with zero attached hydrogens (tertiary/aromatic N) is 4. The molecule has 0 spiro atoms. The minimum Gasteiger partial charge on any atom is -0.344 e. The molecule has 1 amide bonds. The van der Waals surface area contributed by atoms with Crippen molar-refractivity contribution in [3.05, 3.63) is 22.3 Å². The molecule has 1 saturated heterocycles. The lowest BCUT2D eigenvalue weighted by atomic mass is 9.98. The fourth-order valence-electron chi connectivity index (χ4n) is 2.83. The second kappa shape index (κ2) is 7.31. The van der Waals surface area contributed by atoms with Gasteiger partial charge >= 0.3 is 0 Å². The van der Waals surface area contributed by atoms with Crippen molar-refractivity contribution in [3.63, 3.8) is 0 Å². The molecule has 3 heterocycles. The van der Waals surface area contributed by atoms with Crippen LogP contribution in [0.2, 0.25) is 5.22 Å². The van der Waals surface area contributed by atoms with Crippen molar-refractivity contribution in [1.82, 2.24) is 25.2 Å². The monoisotopic (exact) mass is 352 g/mol. The Balaban J connectivity index is 1.59. The maximum atomic E-state index is 12.2. The van der Waals surface area contributed by atoms with Crippen LogP contribution < -0.4 is 10.6 Å². The Kier molecular flexibility index (Phi) is 5.15. The summed E-state index contributed by atoms with van der Waals surface area (Å²) in [6, 6.07) is 0. The van der Waals surface area contributed by atoms with Crippen LogP contribution in [-0.2, 0) is 18.3 Å². The van der Waals surface area contributed by atoms with Crippen molar-refractivity contribution in [2.45, 2.75) is 38.5 Å². The van der Waals surface area contributed by atoms with E-state index in [0.29, 0.717) is 24.0 Å². The maximum Gasteiger partial charge on any atom is 0.229 e. The van der Waals surface area contributed by atoms with E-state index in [1.54, 1.807) is 18.7 Å². The normalized spacial score (nSPS) is 15.6. The number of aromatic nitrogens is 4. The van der Waals surface area contributed by atoms with E-state index in [0.717, 1.165) is 37.3 Å². The number of nitrogens with one attached hydrogen (secondary N) is 2. The summed E-state index contributed by atoms with van der Waals surface area (Å²) >= 11 is 5.91. The average molecular weight is 353 g/mol. The van der Waals surface area contributed by atoms with Gasteiger partial charge in [0.05, 0.1) is 5.69 Å². The van der Waals surface area contributed by atoms with Crippen LogP contribution in [0.4, 0.5) is 5.95 Å². The lowest BCUT2D eigenvalue weighted by molar-refractivity contribution is -0.116. The molecule has 1 fully saturated rings. The van der Waals surface area contributed by atoms with E-state index in [1.807, 2.05) is 0 Å². The summed E-state index contributed by atoms with van der Waals surface area (Å²) < 4.78 is 6.51. The first-order valence-electron chi connectivity index (χ1n) is 8.06. The largest absolute Gasteiger partial charge is 0.344 e. The molecule has 24 heavy (non-hydrogen) atoms. The number of amides is 1. The van der Waals surface area contributed by atoms with Gasteiger partial charge in [-0.25, -0.2) is 4.68 Å². The van der Waals surface area contributed by atoms with Crippen LogP contribution in [0, 0.1) is 6.92 Å². The molecular weight excluding hydrogens is 332 g/mol. The number of rotatable bonds is 5. The van der Waals surface area contributed by atoms with Crippen molar-refractivity contribution < 1.29 is 9.32 Å². The number of aryl methyl sites for hydroxylation is 2. The first kappa shape index (κ1) is 16.9. The molecule has 0 radical (unpaired) electrons. The lowest BCUT2D eigenvalue weighted by Crippen LogP contribution is -2.27. The van der Waals surface area contributed by atoms with Crippen LogP contribution >= 0.6 is 11.6 Å². The fourth-order valence-corrected chi connectivity index (χ4v) is 3.10. The molecule has 1 aliphatic rings. The molecule has 8 nitrogen and oxygen atoms in total. The van der Waals surface area contributed by atoms with Crippen molar-refractivity contribution in [2.75, 3.05) is 18.4 Å². The van der Waals surface area contributed by atoms with Gasteiger partial charge in [0.1, 0.15) is 0 Å². The van der Waals surface area contributed by atoms with Gasteiger partial charge in [0.15, 0.2) is 5.82 Å². The first-order chi connectivity index (χ1) is 11.5. The summed E-state index contributed by atoms with van der Waals surface area (Å²) in [4.78, 5) is 16.7. The molecule has 2 aromatic heterocycles. The molecule has 0 unspecified atom stereocenters. The summed E-state index contributed by atoms with van der Waals surface area (Å²) in [5.41, 5.74) is 1.47. The molecule has 0 bridgehead atoms. The smallest absolute Gasteiger partial charge is 0.229 e. The fraction of sp³-hybridized carbons (Fsp3) is 0.600. The molecule has 9 heteroatoms. The highest BCUT2D eigenvalue weighted by Gasteiger charge is 2.21. The molecule has 3 rings (SSSR count). The van der Waals surface area contributed by atoms with Crippen LogP contribution in [0.5, 0.6) is 0 Å². The number of piperidine rings is 1. The quantitative estimate of drug-likeness (QED) is 0.851. The highest BCUT2D eigenvalue weighted by molar-refractivity contribution is 6.29. The Morgan fingerprint density at radius 1 is 1.46 bits per heavy atom. The Morgan fingerprint density at radius 2 is 2.21 bits per heavy atom. The van der Waals surface area contributed by atoms with E-state index < -0.39 is 0 Å². The molecule has 0 aromatic carbocycles. The van der Waals surface area contributed by atoms with Crippen LogP contribution in [-0.4, -0.2) is 38.9 Å². The second-order valence-electron chi connectivity index (χ2n) is 6.01. The minimum absolute atomic E-state index is 0.140. The Hall–Kier alpha value is -1.93. The van der Waals surface area contributed by atoms with E-state index in [1.165, 1.54) is 0 Å². The van der Waals surface area contributed by atoms with Crippen molar-refractivity contribution in [2.24, 2.45) is 7.05 Å². The number of anilines is 1. The molecule has 0 aliphatic carbocycles. The second-order valence-corrected chi connectivity index (χ2v) is 6.35. The summed E-state index contributed by atoms with van der Waals surface area (Å²) in [6.45, 7) is 3.75. The predicted molar refractivity (Wildman–Crippen MR) is 89.0 cm³/mol. The van der Waals surface area contributed by atoms with Gasteiger partial charge in [0.25, 0.3) is 0 Å². The molecule has 130 valence electrons. The van der Waals surface area contributed by atoms with Crippen molar-refractivity contribution in [1.29, 1.82) is 0 Å². The molecule has 2 aromatic rings. The molecule has 1 aliphatic heterocycles. The summed E-state index contributed by atoms with van der Waals surface area (Å²) in [5.74, 6) is 1.48. The highest BCUT2D eigenvalue weighted by Crippen LogP contribution is 2.24. The van der Waals surface area contributed by atoms with Crippen molar-refractivity contribution >= 4 is 23.5 Å². The maximum absolute atomic E-state index is 12.2. The van der Waals surface area contributed by atoms with Crippen LogP contribution in [0.15, 0.2) is 4.52 Å². The van der Waals surface area contributed by atoms with E-state index in [9.17, 15) is 4.79 Å². The molecule has 2 N–H and O–H groups in total.